The molecule has 6 nitrogen and oxygen atoms in total. The molecular weight excluding hydrogens is 407 g/mol. The van der Waals surface area contributed by atoms with Gasteiger partial charge in [-0.1, -0.05) is 45.0 Å². The molecule has 0 fully saturated rings. The maximum absolute atomic E-state index is 12.6. The number of benzene rings is 1. The molecule has 3 rings (SSSR count). The Kier molecular flexibility index (Phi) is 6.27. The van der Waals surface area contributed by atoms with Gasteiger partial charge in [0.15, 0.2) is 5.82 Å². The summed E-state index contributed by atoms with van der Waals surface area (Å²) >= 11 is 0. The Hall–Kier alpha value is -2.68. The summed E-state index contributed by atoms with van der Waals surface area (Å²) in [6.07, 6.45) is -1.62. The van der Waals surface area contributed by atoms with Gasteiger partial charge in [0.1, 0.15) is 5.82 Å². The average molecular weight is 435 g/mol. The second-order valence-corrected chi connectivity index (χ2v) is 9.15. The van der Waals surface area contributed by atoms with E-state index in [0.29, 0.717) is 0 Å². The summed E-state index contributed by atoms with van der Waals surface area (Å²) in [6.45, 7) is 10.5. The van der Waals surface area contributed by atoms with Gasteiger partial charge in [0.2, 0.25) is 0 Å². The van der Waals surface area contributed by atoms with Gasteiger partial charge >= 0.3 is 12.1 Å². The van der Waals surface area contributed by atoms with E-state index in [9.17, 15) is 13.2 Å². The van der Waals surface area contributed by atoms with E-state index in [1.54, 1.807) is 6.08 Å². The van der Waals surface area contributed by atoms with Crippen molar-refractivity contribution in [3.05, 3.63) is 41.3 Å². The largest absolute Gasteiger partial charge is 0.471 e. The number of hydrogen-bond donors (Lipinski definition) is 0. The lowest BCUT2D eigenvalue weighted by atomic mass is 9.92. The number of fused-ring (bicyclic) bond motifs is 1. The van der Waals surface area contributed by atoms with Crippen LogP contribution in [0.4, 0.5) is 13.2 Å². The van der Waals surface area contributed by atoms with Crippen molar-refractivity contribution in [3.8, 4) is 0 Å². The van der Waals surface area contributed by atoms with Crippen molar-refractivity contribution in [2.75, 3.05) is 20.6 Å². The number of aromatic nitrogens is 4. The van der Waals surface area contributed by atoms with Crippen LogP contribution in [0.25, 0.3) is 23.2 Å². The van der Waals surface area contributed by atoms with Crippen LogP contribution in [-0.4, -0.2) is 45.2 Å². The highest BCUT2D eigenvalue weighted by molar-refractivity contribution is 5.81. The molecule has 168 valence electrons. The fourth-order valence-corrected chi connectivity index (χ4v) is 3.80. The summed E-state index contributed by atoms with van der Waals surface area (Å²) in [6, 6.07) is 5.82. The van der Waals surface area contributed by atoms with E-state index >= 15 is 0 Å². The Morgan fingerprint density at radius 3 is 2.42 bits per heavy atom. The average Bonchev–Trinajstić information content (AvgIpc) is 3.23. The molecule has 3 aromatic rings. The highest BCUT2D eigenvalue weighted by Crippen LogP contribution is 2.29. The Labute approximate surface area is 179 Å². The highest BCUT2D eigenvalue weighted by Gasteiger charge is 2.38. The zero-order valence-electron chi connectivity index (χ0n) is 18.7. The molecule has 0 spiro atoms. The second kappa shape index (κ2) is 8.45. The van der Waals surface area contributed by atoms with Gasteiger partial charge in [-0.2, -0.15) is 18.2 Å². The molecule has 31 heavy (non-hydrogen) atoms. The van der Waals surface area contributed by atoms with Gasteiger partial charge in [0, 0.05) is 19.0 Å². The van der Waals surface area contributed by atoms with Crippen molar-refractivity contribution < 1.29 is 17.7 Å². The van der Waals surface area contributed by atoms with Gasteiger partial charge in [0.25, 0.3) is 0 Å². The zero-order valence-corrected chi connectivity index (χ0v) is 18.7. The minimum atomic E-state index is -4.65. The third-order valence-electron chi connectivity index (χ3n) is 4.76. The summed E-state index contributed by atoms with van der Waals surface area (Å²) < 4.78 is 44.3. The van der Waals surface area contributed by atoms with Crippen molar-refractivity contribution in [2.45, 2.75) is 46.3 Å². The van der Waals surface area contributed by atoms with E-state index in [0.717, 1.165) is 35.5 Å². The number of alkyl halides is 3. The van der Waals surface area contributed by atoms with E-state index < -0.39 is 12.1 Å². The van der Waals surface area contributed by atoms with Gasteiger partial charge in [0.05, 0.1) is 11.0 Å². The molecule has 1 aromatic carbocycles. The standard InChI is InChI=1S/C22H28F3N5O/c1-14(2)19-26-16-11-15(8-10-18-27-20(31-28-18)22(23,24)25)7-9-17(16)30(19)13-21(3,4)12-29(5)6/h7-11,14H,12-13H2,1-6H3/b10-8+. The summed E-state index contributed by atoms with van der Waals surface area (Å²) in [5.74, 6) is -0.230. The molecule has 2 aromatic heterocycles. The molecule has 2 heterocycles. The van der Waals surface area contributed by atoms with Gasteiger partial charge in [-0.05, 0) is 43.3 Å². The fourth-order valence-electron chi connectivity index (χ4n) is 3.80. The van der Waals surface area contributed by atoms with Crippen LogP contribution >= 0.6 is 0 Å². The molecular formula is C22H28F3N5O. The SMILES string of the molecule is CC(C)c1nc2cc(/C=C/c3noc(C(F)(F)F)n3)ccc2n1CC(C)(C)CN(C)C. The van der Waals surface area contributed by atoms with E-state index in [1.165, 1.54) is 6.08 Å². The monoisotopic (exact) mass is 435 g/mol. The Morgan fingerprint density at radius 2 is 1.84 bits per heavy atom. The van der Waals surface area contributed by atoms with Crippen LogP contribution in [0, 0.1) is 5.41 Å². The van der Waals surface area contributed by atoms with Crippen molar-refractivity contribution in [3.63, 3.8) is 0 Å². The quantitative estimate of drug-likeness (QED) is 0.503. The second-order valence-electron chi connectivity index (χ2n) is 9.15. The van der Waals surface area contributed by atoms with Crippen LogP contribution in [0.1, 0.15) is 56.7 Å². The van der Waals surface area contributed by atoms with E-state index in [2.05, 4.69) is 65.9 Å². The zero-order chi connectivity index (χ0) is 23.0. The van der Waals surface area contributed by atoms with Crippen molar-refractivity contribution in [1.29, 1.82) is 0 Å². The first-order valence-electron chi connectivity index (χ1n) is 10.1. The lowest BCUT2D eigenvalue weighted by Gasteiger charge is -2.30. The minimum Gasteiger partial charge on any atom is -0.329 e. The van der Waals surface area contributed by atoms with Crippen molar-refractivity contribution in [2.24, 2.45) is 5.41 Å². The molecule has 0 saturated carbocycles. The molecule has 0 saturated heterocycles. The lowest BCUT2D eigenvalue weighted by Crippen LogP contribution is -2.33. The number of hydrogen-bond acceptors (Lipinski definition) is 5. The number of imidazole rings is 1. The van der Waals surface area contributed by atoms with Crippen molar-refractivity contribution in [1.82, 2.24) is 24.6 Å². The van der Waals surface area contributed by atoms with Crippen LogP contribution in [0.5, 0.6) is 0 Å². The summed E-state index contributed by atoms with van der Waals surface area (Å²) in [7, 11) is 4.13. The third-order valence-corrected chi connectivity index (χ3v) is 4.76. The number of nitrogens with zero attached hydrogens (tertiary/aromatic N) is 5. The fraction of sp³-hybridized carbons (Fsp3) is 0.500. The number of halogens is 3. The summed E-state index contributed by atoms with van der Waals surface area (Å²) in [5, 5.41) is 3.35. The highest BCUT2D eigenvalue weighted by atomic mass is 19.4. The molecule has 0 bridgehead atoms. The van der Waals surface area contributed by atoms with Crippen LogP contribution in [0.15, 0.2) is 22.7 Å². The first-order chi connectivity index (χ1) is 14.4. The Balaban J connectivity index is 1.91. The molecule has 0 atom stereocenters. The lowest BCUT2D eigenvalue weighted by molar-refractivity contribution is -0.159. The molecule has 0 unspecified atom stereocenters. The van der Waals surface area contributed by atoms with E-state index in [-0.39, 0.29) is 17.2 Å². The number of rotatable bonds is 7. The van der Waals surface area contributed by atoms with Crippen LogP contribution in [0.3, 0.4) is 0 Å². The van der Waals surface area contributed by atoms with Gasteiger partial charge in [-0.15, -0.1) is 0 Å². The smallest absolute Gasteiger partial charge is 0.329 e. The normalized spacial score (nSPS) is 13.4. The first-order valence-corrected chi connectivity index (χ1v) is 10.1. The maximum atomic E-state index is 12.6. The van der Waals surface area contributed by atoms with Gasteiger partial charge in [-0.3, -0.25) is 0 Å². The molecule has 0 amide bonds. The van der Waals surface area contributed by atoms with E-state index in [4.69, 9.17) is 4.98 Å². The predicted octanol–water partition coefficient (Wildman–Crippen LogP) is 5.32. The van der Waals surface area contributed by atoms with Crippen LogP contribution < -0.4 is 0 Å². The third kappa shape index (κ3) is 5.52. The Morgan fingerprint density at radius 1 is 1.13 bits per heavy atom. The van der Waals surface area contributed by atoms with Gasteiger partial charge in [-0.25, -0.2) is 4.98 Å². The Bertz CT molecular complexity index is 1080. The predicted molar refractivity (Wildman–Crippen MR) is 114 cm³/mol. The van der Waals surface area contributed by atoms with E-state index in [1.807, 2.05) is 18.2 Å². The topological polar surface area (TPSA) is 60.0 Å². The molecule has 9 heteroatoms. The molecule has 0 aliphatic carbocycles. The maximum Gasteiger partial charge on any atom is 0.471 e. The minimum absolute atomic E-state index is 0.0498. The molecule has 0 N–H and O–H groups in total. The molecule has 0 radical (unpaired) electrons. The summed E-state index contributed by atoms with van der Waals surface area (Å²) in [5.41, 5.74) is 2.72. The van der Waals surface area contributed by atoms with Gasteiger partial charge < -0.3 is 14.0 Å². The summed E-state index contributed by atoms with van der Waals surface area (Å²) in [4.78, 5) is 10.4. The van der Waals surface area contributed by atoms with Crippen LogP contribution in [-0.2, 0) is 12.7 Å². The first kappa shape index (κ1) is 23.0. The molecule has 0 aliphatic heterocycles. The van der Waals surface area contributed by atoms with Crippen molar-refractivity contribution >= 4 is 23.2 Å². The van der Waals surface area contributed by atoms with Crippen LogP contribution in [0.2, 0.25) is 0 Å². The molecule has 0 aliphatic rings.